The molecule has 0 unspecified atom stereocenters. The molecule has 36 heteroatoms. The minimum atomic E-state index is -1.28. The van der Waals surface area contributed by atoms with E-state index in [9.17, 15) is 67.5 Å². The van der Waals surface area contributed by atoms with Gasteiger partial charge in [0.1, 0.15) is 67.6 Å². The predicted octanol–water partition coefficient (Wildman–Crippen LogP) is 23.8. The van der Waals surface area contributed by atoms with E-state index in [-0.39, 0.29) is 104 Å². The van der Waals surface area contributed by atoms with Gasteiger partial charge < -0.3 is 109 Å². The smallest absolute Gasteiger partial charge is 0.504 e. The van der Waals surface area contributed by atoms with Gasteiger partial charge in [0.2, 0.25) is 0 Å². The number of aromatic hydroxyl groups is 3. The number of phenols is 3. The van der Waals surface area contributed by atoms with Crippen molar-refractivity contribution in [1.29, 1.82) is 0 Å². The molecule has 13 aromatic carbocycles. The number of nitro groups is 2. The van der Waals surface area contributed by atoms with Crippen molar-refractivity contribution in [2.75, 3.05) is 141 Å². The number of non-ortho nitro benzene ring substituents is 2. The number of carboxylic acids is 1. The molecule has 0 atom stereocenters. The van der Waals surface area contributed by atoms with Crippen LogP contribution in [0.5, 0.6) is 51.7 Å². The number of hydrogen-bond donors (Lipinski definition) is 8. The topological polar surface area (TPSA) is 386 Å². The molecule has 0 bridgehead atoms. The Hall–Kier alpha value is -15.9. The Morgan fingerprint density at radius 3 is 1.08 bits per heavy atom. The Morgan fingerprint density at radius 2 is 0.729 bits per heavy atom. The zero-order chi connectivity index (χ0) is 98.4. The number of benzene rings is 13. The zero-order valence-electron chi connectivity index (χ0n) is 77.5. The average Bonchev–Trinajstić information content (AvgIpc) is 0.798. The number of para-hydroxylation sites is 10. The van der Waals surface area contributed by atoms with Crippen molar-refractivity contribution >= 4 is 97.4 Å². The van der Waals surface area contributed by atoms with E-state index >= 15 is 0 Å². The number of halogens is 4. The summed E-state index contributed by atoms with van der Waals surface area (Å²) in [6.07, 6.45) is -1.90. The summed E-state index contributed by atoms with van der Waals surface area (Å²) < 4.78 is 109. The first-order chi connectivity index (χ1) is 66.9. The van der Waals surface area contributed by atoms with Crippen molar-refractivity contribution in [2.45, 2.75) is 70.0 Å². The summed E-state index contributed by atoms with van der Waals surface area (Å²) in [4.78, 5) is 64.6. The quantitative estimate of drug-likeness (QED) is 0.0165. The molecular formula is C108H117F4FeN10O21+. The Labute approximate surface area is 844 Å². The number of hydrogen-bond acceptors (Lipinski definition) is 26. The molecule has 2 fully saturated rings. The molecule has 7 heterocycles. The number of methoxy groups -OCH3 is 1. The number of carboxylic acid groups (broad SMARTS) is 1. The minimum Gasteiger partial charge on any atom is -0.504 e. The third-order valence-corrected chi connectivity index (χ3v) is 22.2. The molecule has 144 heavy (non-hydrogen) atoms. The van der Waals surface area contributed by atoms with Crippen molar-refractivity contribution < 1.29 is 128 Å². The Bertz CT molecular complexity index is 6470. The van der Waals surface area contributed by atoms with E-state index in [4.69, 9.17) is 58.2 Å². The van der Waals surface area contributed by atoms with E-state index in [1.165, 1.54) is 31.4 Å². The van der Waals surface area contributed by atoms with Crippen LogP contribution in [-0.4, -0.2) is 147 Å². The molecule has 0 spiro atoms. The number of rotatable bonds is 14. The first-order valence-corrected chi connectivity index (χ1v) is 44.0. The molecule has 0 radical (unpaired) electrons. The number of nitrogens with zero attached hydrogens (tertiary/aromatic N) is 6. The van der Waals surface area contributed by atoms with Crippen LogP contribution in [0.25, 0.3) is 0 Å². The molecular weight excluding hydrogens is 1910 g/mol. The summed E-state index contributed by atoms with van der Waals surface area (Å²) in [5, 5.41) is 67.7. The van der Waals surface area contributed by atoms with E-state index in [1.54, 1.807) is 36.4 Å². The number of nitrogens with two attached hydrogens (primary N) is 1. The fourth-order valence-electron chi connectivity index (χ4n) is 15.1. The number of phenolic OH excluding ortho intramolecular Hbond substituents is 3. The van der Waals surface area contributed by atoms with Gasteiger partial charge in [0.05, 0.1) is 115 Å². The van der Waals surface area contributed by atoms with Crippen LogP contribution in [0.1, 0.15) is 114 Å². The van der Waals surface area contributed by atoms with Gasteiger partial charge in [-0.3, -0.25) is 29.8 Å². The molecule has 31 nitrogen and oxygen atoms in total. The third kappa shape index (κ3) is 28.8. The molecule has 20 rings (SSSR count). The van der Waals surface area contributed by atoms with Crippen LogP contribution in [0.3, 0.4) is 0 Å². The fourth-order valence-corrected chi connectivity index (χ4v) is 15.1. The van der Waals surface area contributed by atoms with Crippen molar-refractivity contribution in [3.8, 4) is 51.7 Å². The summed E-state index contributed by atoms with van der Waals surface area (Å²) in [5.74, 6) is -3.15. The largest absolute Gasteiger partial charge is 1.00 e. The number of carbonyl (C=O) groups is 3. The number of anilines is 12. The third-order valence-electron chi connectivity index (χ3n) is 22.2. The molecule has 0 aromatic heterocycles. The van der Waals surface area contributed by atoms with Crippen molar-refractivity contribution in [3.05, 3.63) is 350 Å². The van der Waals surface area contributed by atoms with Crippen LogP contribution in [0.15, 0.2) is 279 Å². The van der Waals surface area contributed by atoms with Gasteiger partial charge in [-0.25, -0.2) is 22.4 Å². The maximum atomic E-state index is 14.5. The van der Waals surface area contributed by atoms with Crippen LogP contribution >= 0.6 is 0 Å². The maximum absolute atomic E-state index is 14.5. The van der Waals surface area contributed by atoms with E-state index in [0.29, 0.717) is 70.8 Å². The number of aromatic carboxylic acids is 1. The molecule has 7 aliphatic heterocycles. The fraction of sp³-hybridized carbons (Fsp3) is 0.250. The number of nitrogens with one attached hydrogen (secondary N) is 3. The summed E-state index contributed by atoms with van der Waals surface area (Å²) >= 11 is 0. The Balaban J connectivity index is 0.000000213. The van der Waals surface area contributed by atoms with Gasteiger partial charge in [-0.2, -0.15) is 0 Å². The average molecular weight is 2020 g/mol. The second-order valence-corrected chi connectivity index (χ2v) is 33.6. The van der Waals surface area contributed by atoms with Gasteiger partial charge in [-0.05, 0) is 194 Å². The summed E-state index contributed by atoms with van der Waals surface area (Å²) in [6.45, 7) is 16.5. The molecule has 7 aliphatic rings. The standard InChI is InChI=1S/C27H27FN2O5.C22H19FN2O4.C14H12N2O3.C14H14N2O.C13H15FO5.C8H9NO.C6H4FNO2.4CH4.Fe/c1-27(2)15-34-26(35-16-27)20-13-17(14-21(28)24(20)31)25(32)29-18-7-9-19(10-8-18)30-11-12-33-23-6-4-3-5-22(23)30;1-28-20-13-14(12-17(23)21(20)26)22(27)24-15-6-8-16(9-7-15)25-10-11-29-19-5-3-2-4-18(19)25;17-16(18)12-7-5-11(6-8-12)15-9-10-19-14-4-2-1-3-13(14)15;15-11-5-7-12(8-6-11)16-9-10-17-14-4-2-1-3-13(14)16;1-13(2)5-18-12(19-6-13)8-3-7(11(16)17)4-9(14)10(8)15;1-2-4-8-7(3-1)9-5-6-10-8;7-5-1-3-6(4-2-5)8(9)10;;;;;/h3-10,13-14,26,31H,11-12,15-16H2,1-2H3,(H,29,32);2-9,12-13,26H,10-11H2,1H3,(H,24,27);1-8H,9-10H2;1-8H,9-10,15H2;3-4,12,15H,5-6H2,1-2H3,(H,16,17);1-4,9H,5-6H2;1-4H;4*1H4;/p+1. The second-order valence-electron chi connectivity index (χ2n) is 33.6. The first kappa shape index (κ1) is 112. The number of amides is 2. The molecule has 0 saturated carbocycles. The zero-order valence-corrected chi connectivity index (χ0v) is 77.6. The minimum absolute atomic E-state index is 0. The molecule has 2 amide bonds. The Morgan fingerprint density at radius 1 is 0.424 bits per heavy atom. The van der Waals surface area contributed by atoms with Crippen LogP contribution in [0.2, 0.25) is 0 Å². The van der Waals surface area contributed by atoms with Crippen molar-refractivity contribution in [2.24, 2.45) is 10.8 Å². The molecule has 760 valence electrons. The number of carbonyl (C=O) groups excluding carboxylic acids is 2. The van der Waals surface area contributed by atoms with Gasteiger partial charge in [0.15, 0.2) is 53.0 Å². The van der Waals surface area contributed by atoms with Gasteiger partial charge in [-0.15, -0.1) is 0 Å². The van der Waals surface area contributed by atoms with Crippen LogP contribution in [0.4, 0.5) is 97.2 Å². The van der Waals surface area contributed by atoms with Crippen molar-refractivity contribution in [3.63, 3.8) is 0 Å². The summed E-state index contributed by atoms with van der Waals surface area (Å²) in [6, 6.07) is 79.7. The van der Waals surface area contributed by atoms with Gasteiger partial charge in [0, 0.05) is 110 Å². The normalized spacial score (nSPS) is 14.5. The van der Waals surface area contributed by atoms with Crippen molar-refractivity contribution in [1.82, 2.24) is 0 Å². The van der Waals surface area contributed by atoms with E-state index in [2.05, 4.69) is 41.6 Å². The number of nitrogen functional groups attached to an aromatic ring is 1. The first-order valence-electron chi connectivity index (χ1n) is 44.0. The van der Waals surface area contributed by atoms with Crippen LogP contribution < -0.4 is 69.7 Å². The molecule has 0 aliphatic carbocycles. The molecule has 13 aromatic rings. The SMILES string of the molecule is C.C.C.C.CC1(C)COC(c2cc(C(=O)Nc3ccc(N4CCOc5ccccc54)cc3)cc(F)c2O)OC1.CC1(C)COC(c2cc(C(=O)O)cc(F)c2O)OC1.COc1cc(C(=O)Nc2ccc(N3CCOc4ccccc43)cc2)cc(F)c1O.Nc1ccc(N2CCOc3ccccc32)cc1.O=[N+]([O-])c1ccc(F)cc1.O=[N+]([O-])c1ccc(N2CCOc3ccccc32)cc1.[Fe].[H+].c1ccc2c(c1)NCCO2. The summed E-state index contributed by atoms with van der Waals surface area (Å²) in [5.41, 5.74) is 16.4. The molecule has 9 N–H and O–H groups in total. The van der Waals surface area contributed by atoms with E-state index < -0.39 is 80.7 Å². The van der Waals surface area contributed by atoms with E-state index in [0.717, 1.165) is 167 Å². The summed E-state index contributed by atoms with van der Waals surface area (Å²) in [7, 11) is 1.29. The van der Waals surface area contributed by atoms with Crippen LogP contribution in [-0.2, 0) is 36.0 Å². The van der Waals surface area contributed by atoms with E-state index in [1.807, 2.05) is 191 Å². The predicted molar refractivity (Wildman–Crippen MR) is 545 cm³/mol. The van der Waals surface area contributed by atoms with Gasteiger partial charge >= 0.3 is 7.40 Å². The van der Waals surface area contributed by atoms with Gasteiger partial charge in [-0.1, -0.05) is 118 Å². The van der Waals surface area contributed by atoms with Crippen LogP contribution in [0, 0.1) is 54.3 Å². The maximum Gasteiger partial charge on any atom is 1.00 e. The van der Waals surface area contributed by atoms with Gasteiger partial charge in [0.25, 0.3) is 23.2 Å². The second kappa shape index (κ2) is 51.5. The number of fused-ring (bicyclic) bond motifs is 5. The molecule has 2 saturated heterocycles. The number of ether oxygens (including phenoxy) is 10. The Kier molecular flexibility index (Phi) is 40.0. The monoisotopic (exact) mass is 2020 g/mol. The number of nitro benzene ring substituents is 2.